The second-order valence-corrected chi connectivity index (χ2v) is 17.8. The molecule has 2 amide bonds. The SMILES string of the molecule is COc1cc(Nc2cc(Oc3ccc(NC(=O)Nc4cc(C(C)(C)C)cc(NS(C)(=O)=O)c4OC)c4ccccc34)ccn2)ccc1SN(C)CCN1CCOCC1. The highest BCUT2D eigenvalue weighted by molar-refractivity contribution is 7.97. The van der Waals surface area contributed by atoms with Crippen molar-refractivity contribution >= 4 is 67.3 Å². The molecule has 0 radical (unpaired) electrons. The van der Waals surface area contributed by atoms with Crippen LogP contribution in [0.1, 0.15) is 26.3 Å². The fourth-order valence-electron chi connectivity index (χ4n) is 6.35. The summed E-state index contributed by atoms with van der Waals surface area (Å²) in [6, 6.07) is 23.7. The number of sulfonamides is 1. The predicted octanol–water partition coefficient (Wildman–Crippen LogP) is 8.37. The molecule has 6 rings (SSSR count). The molecule has 1 aliphatic rings. The summed E-state index contributed by atoms with van der Waals surface area (Å²) in [7, 11) is 1.54. The first kappa shape index (κ1) is 42.3. The molecular weight excluding hydrogens is 779 g/mol. The van der Waals surface area contributed by atoms with Crippen LogP contribution in [-0.4, -0.2) is 95.6 Å². The number of fused-ring (bicyclic) bond motifs is 1. The molecule has 16 heteroatoms. The average Bonchev–Trinajstić information content (AvgIpc) is 3.18. The van der Waals surface area contributed by atoms with E-state index in [4.69, 9.17) is 18.9 Å². The van der Waals surface area contributed by atoms with Gasteiger partial charge in [0.1, 0.15) is 23.1 Å². The van der Waals surface area contributed by atoms with E-state index in [0.29, 0.717) is 28.7 Å². The number of anilines is 5. The van der Waals surface area contributed by atoms with Gasteiger partial charge in [0.25, 0.3) is 0 Å². The summed E-state index contributed by atoms with van der Waals surface area (Å²) in [4.78, 5) is 21.5. The molecule has 0 atom stereocenters. The molecule has 4 aromatic carbocycles. The summed E-state index contributed by atoms with van der Waals surface area (Å²) in [6.07, 6.45) is 2.73. The van der Waals surface area contributed by atoms with Crippen LogP contribution < -0.4 is 34.9 Å². The number of hydrogen-bond donors (Lipinski definition) is 4. The van der Waals surface area contributed by atoms with Crippen molar-refractivity contribution in [3.8, 4) is 23.0 Å². The third kappa shape index (κ3) is 11.2. The van der Waals surface area contributed by atoms with Crippen molar-refractivity contribution in [2.75, 3.05) is 87.6 Å². The van der Waals surface area contributed by atoms with Crippen LogP contribution in [0.3, 0.4) is 0 Å². The van der Waals surface area contributed by atoms with Gasteiger partial charge in [0.2, 0.25) is 10.0 Å². The lowest BCUT2D eigenvalue weighted by Crippen LogP contribution is -2.39. The highest BCUT2D eigenvalue weighted by Gasteiger charge is 2.23. The molecule has 0 aliphatic carbocycles. The first-order chi connectivity index (χ1) is 27.7. The van der Waals surface area contributed by atoms with E-state index in [9.17, 15) is 13.2 Å². The number of nitrogens with zero attached hydrogens (tertiary/aromatic N) is 3. The number of ether oxygens (including phenoxy) is 4. The Hall–Kier alpha value is -5.26. The number of hydrogen-bond acceptors (Lipinski definition) is 12. The molecule has 1 fully saturated rings. The van der Waals surface area contributed by atoms with Gasteiger partial charge in [-0.1, -0.05) is 45.0 Å². The third-order valence-electron chi connectivity index (χ3n) is 9.32. The van der Waals surface area contributed by atoms with Crippen LogP contribution in [0.5, 0.6) is 23.0 Å². The van der Waals surface area contributed by atoms with Crippen LogP contribution in [0, 0.1) is 0 Å². The number of urea groups is 1. The van der Waals surface area contributed by atoms with Gasteiger partial charge < -0.3 is 34.9 Å². The lowest BCUT2D eigenvalue weighted by molar-refractivity contribution is 0.0370. The van der Waals surface area contributed by atoms with Crippen molar-refractivity contribution in [1.82, 2.24) is 14.2 Å². The van der Waals surface area contributed by atoms with Crippen LogP contribution in [-0.2, 0) is 20.2 Å². The maximum atomic E-state index is 13.5. The van der Waals surface area contributed by atoms with Crippen molar-refractivity contribution in [3.63, 3.8) is 0 Å². The van der Waals surface area contributed by atoms with E-state index in [1.165, 1.54) is 7.11 Å². The van der Waals surface area contributed by atoms with Crippen LogP contribution >= 0.6 is 11.9 Å². The Bertz CT molecular complexity index is 2350. The van der Waals surface area contributed by atoms with Crippen LogP contribution in [0.15, 0.2) is 90.0 Å². The summed E-state index contributed by atoms with van der Waals surface area (Å²) < 4.78 is 52.3. The Kier molecular flexibility index (Phi) is 13.5. The van der Waals surface area contributed by atoms with Gasteiger partial charge in [-0.2, -0.15) is 0 Å². The number of carbonyl (C=O) groups is 1. The van der Waals surface area contributed by atoms with E-state index < -0.39 is 16.1 Å². The summed E-state index contributed by atoms with van der Waals surface area (Å²) in [5, 5.41) is 10.7. The molecule has 5 aromatic rings. The summed E-state index contributed by atoms with van der Waals surface area (Å²) in [6.45, 7) is 11.4. The van der Waals surface area contributed by atoms with Crippen LogP contribution in [0.25, 0.3) is 10.8 Å². The number of carbonyl (C=O) groups excluding carboxylic acids is 1. The van der Waals surface area contributed by atoms with E-state index in [2.05, 4.69) is 41.9 Å². The highest BCUT2D eigenvalue weighted by Crippen LogP contribution is 2.40. The Balaban J connectivity index is 1.15. The molecule has 4 N–H and O–H groups in total. The van der Waals surface area contributed by atoms with Gasteiger partial charge in [0, 0.05) is 61.0 Å². The van der Waals surface area contributed by atoms with E-state index in [1.54, 1.807) is 55.6 Å². The molecule has 0 spiro atoms. The summed E-state index contributed by atoms with van der Waals surface area (Å²) in [5.41, 5.74) is 2.32. The van der Waals surface area contributed by atoms with Gasteiger partial charge in [0.05, 0.1) is 55.6 Å². The normalized spacial score (nSPS) is 13.6. The molecule has 1 aromatic heterocycles. The maximum absolute atomic E-state index is 13.5. The number of amides is 2. The zero-order valence-corrected chi connectivity index (χ0v) is 35.5. The lowest BCUT2D eigenvalue weighted by atomic mass is 9.86. The number of benzene rings is 4. The average molecular weight is 830 g/mol. The summed E-state index contributed by atoms with van der Waals surface area (Å²) in [5.74, 6) is 2.66. The Labute approximate surface area is 344 Å². The van der Waals surface area contributed by atoms with Crippen molar-refractivity contribution in [1.29, 1.82) is 0 Å². The fraction of sp³-hybridized carbons (Fsp3) is 0.333. The van der Waals surface area contributed by atoms with E-state index in [0.717, 1.165) is 78.3 Å². The molecular formula is C42H51N7O7S2. The number of likely N-dealkylation sites (N-methyl/N-ethyl adjacent to an activating group) is 1. The molecule has 1 saturated heterocycles. The van der Waals surface area contributed by atoms with E-state index >= 15 is 0 Å². The highest BCUT2D eigenvalue weighted by atomic mass is 32.2. The zero-order chi connectivity index (χ0) is 41.5. The molecule has 0 saturated carbocycles. The first-order valence-electron chi connectivity index (χ1n) is 18.8. The van der Waals surface area contributed by atoms with E-state index in [-0.39, 0.29) is 16.9 Å². The number of morpholine rings is 1. The van der Waals surface area contributed by atoms with Gasteiger partial charge in [-0.25, -0.2) is 22.5 Å². The second-order valence-electron chi connectivity index (χ2n) is 14.8. The number of methoxy groups -OCH3 is 2. The molecule has 14 nitrogen and oxygen atoms in total. The van der Waals surface area contributed by atoms with Gasteiger partial charge in [0.15, 0.2) is 5.75 Å². The Morgan fingerprint density at radius 1 is 0.897 bits per heavy atom. The number of aromatic nitrogens is 1. The van der Waals surface area contributed by atoms with Crippen molar-refractivity contribution < 1.29 is 32.2 Å². The predicted molar refractivity (Wildman–Crippen MR) is 233 cm³/mol. The third-order valence-corrected chi connectivity index (χ3v) is 10.9. The lowest BCUT2D eigenvalue weighted by Gasteiger charge is -2.28. The number of nitrogens with one attached hydrogen (secondary N) is 4. The quantitative estimate of drug-likeness (QED) is 0.0750. The molecule has 2 heterocycles. The Morgan fingerprint density at radius 2 is 1.62 bits per heavy atom. The zero-order valence-electron chi connectivity index (χ0n) is 33.8. The second kappa shape index (κ2) is 18.6. The molecule has 308 valence electrons. The smallest absolute Gasteiger partial charge is 0.323 e. The maximum Gasteiger partial charge on any atom is 0.323 e. The van der Waals surface area contributed by atoms with Gasteiger partial charge in [-0.05, 0) is 72.4 Å². The van der Waals surface area contributed by atoms with Crippen molar-refractivity contribution in [2.24, 2.45) is 0 Å². The number of rotatable bonds is 15. The van der Waals surface area contributed by atoms with Gasteiger partial charge >= 0.3 is 6.03 Å². The Morgan fingerprint density at radius 3 is 2.33 bits per heavy atom. The molecule has 0 unspecified atom stereocenters. The fourth-order valence-corrected chi connectivity index (χ4v) is 7.78. The minimum Gasteiger partial charge on any atom is -0.495 e. The number of pyridine rings is 1. The summed E-state index contributed by atoms with van der Waals surface area (Å²) >= 11 is 1.65. The molecule has 0 bridgehead atoms. The van der Waals surface area contributed by atoms with Crippen LogP contribution in [0.2, 0.25) is 0 Å². The largest absolute Gasteiger partial charge is 0.495 e. The standard InChI is InChI=1S/C42H51N7O7S2/c1-42(2,3)28-24-34(40(54-6)35(25-28)47-58(7,51)52)46-41(50)45-33-13-14-36(32-11-9-8-10-31(32)33)56-30-16-17-43-39(27-30)44-29-12-15-38(37(26-29)53-5)57-48(4)18-19-49-20-22-55-23-21-49/h8-17,24-27,47H,18-23H2,1-7H3,(H,43,44)(H2,45,46,50). The minimum atomic E-state index is -3.63. The van der Waals surface area contributed by atoms with E-state index in [1.807, 2.05) is 69.3 Å². The van der Waals surface area contributed by atoms with Gasteiger partial charge in [-0.15, -0.1) is 0 Å². The topological polar surface area (TPSA) is 156 Å². The van der Waals surface area contributed by atoms with Gasteiger partial charge in [-0.3, -0.25) is 9.62 Å². The monoisotopic (exact) mass is 829 g/mol. The minimum absolute atomic E-state index is 0.182. The van der Waals surface area contributed by atoms with Crippen LogP contribution in [0.4, 0.5) is 33.4 Å². The van der Waals surface area contributed by atoms with Crippen molar-refractivity contribution in [2.45, 2.75) is 31.1 Å². The first-order valence-corrected chi connectivity index (χ1v) is 21.4. The molecule has 1 aliphatic heterocycles. The molecule has 58 heavy (non-hydrogen) atoms. The van der Waals surface area contributed by atoms with Crippen molar-refractivity contribution in [3.05, 3.63) is 90.6 Å².